The van der Waals surface area contributed by atoms with Crippen LogP contribution in [0.15, 0.2) is 152 Å². The fourth-order valence-electron chi connectivity index (χ4n) is 6.86. The molecular weight excluding hydrogens is 544 g/mol. The van der Waals surface area contributed by atoms with Gasteiger partial charge in [0, 0.05) is 12.1 Å². The topological polar surface area (TPSA) is 17.8 Å². The molecule has 1 heterocycles. The molecule has 0 aliphatic heterocycles. The van der Waals surface area contributed by atoms with Crippen molar-refractivity contribution in [3.63, 3.8) is 0 Å². The fraction of sp³-hybridized carbons (Fsp3) is 0.0930. The molecule has 0 radical (unpaired) electrons. The molecule has 8 aromatic rings. The molecule has 0 aliphatic carbocycles. The second-order valence-corrected chi connectivity index (χ2v) is 12.3. The van der Waals surface area contributed by atoms with Gasteiger partial charge in [-0.15, -0.1) is 0 Å². The van der Waals surface area contributed by atoms with Gasteiger partial charge in [-0.1, -0.05) is 135 Å². The Kier molecular flexibility index (Phi) is 6.76. The lowest BCUT2D eigenvalue weighted by molar-refractivity contribution is 0.616. The maximum Gasteiger partial charge on any atom is 0.114 e. The molecule has 0 amide bonds. The van der Waals surface area contributed by atoms with Crippen molar-refractivity contribution in [1.82, 2.24) is 9.55 Å². The van der Waals surface area contributed by atoms with E-state index >= 15 is 0 Å². The van der Waals surface area contributed by atoms with Crippen molar-refractivity contribution in [2.75, 3.05) is 0 Å². The number of rotatable bonds is 6. The number of benzene rings is 7. The van der Waals surface area contributed by atoms with E-state index in [0.29, 0.717) is 5.92 Å². The van der Waals surface area contributed by atoms with E-state index in [2.05, 4.69) is 170 Å². The molecular formula is C43H34N2. The van der Waals surface area contributed by atoms with Crippen molar-refractivity contribution in [1.29, 1.82) is 0 Å². The number of hydrogen-bond acceptors (Lipinski definition) is 1. The van der Waals surface area contributed by atoms with Gasteiger partial charge in [0.05, 0.1) is 11.0 Å². The molecule has 2 heteroatoms. The lowest BCUT2D eigenvalue weighted by Gasteiger charge is -2.19. The third-order valence-corrected chi connectivity index (χ3v) is 8.83. The maximum atomic E-state index is 5.03. The predicted molar refractivity (Wildman–Crippen MR) is 191 cm³/mol. The van der Waals surface area contributed by atoms with Crippen LogP contribution in [0.3, 0.4) is 0 Å². The van der Waals surface area contributed by atoms with E-state index in [1.54, 1.807) is 0 Å². The summed E-state index contributed by atoms with van der Waals surface area (Å²) in [5.74, 6) is 1.62. The number of hydrogen-bond donors (Lipinski definition) is 0. The summed E-state index contributed by atoms with van der Waals surface area (Å²) in [7, 11) is 0. The van der Waals surface area contributed by atoms with E-state index in [0.717, 1.165) is 29.0 Å². The summed E-state index contributed by atoms with van der Waals surface area (Å²) in [4.78, 5) is 5.03. The third-order valence-electron chi connectivity index (χ3n) is 8.83. The Morgan fingerprint density at radius 1 is 0.489 bits per heavy atom. The molecule has 0 spiro atoms. The number of nitrogens with zero attached hydrogens (tertiary/aromatic N) is 2. The van der Waals surface area contributed by atoms with Gasteiger partial charge in [0.15, 0.2) is 0 Å². The van der Waals surface area contributed by atoms with Crippen LogP contribution in [0, 0.1) is 5.92 Å². The van der Waals surface area contributed by atoms with Gasteiger partial charge in [-0.05, 0) is 91.2 Å². The Hall–Kier alpha value is -5.47. The highest BCUT2D eigenvalue weighted by molar-refractivity contribution is 6.22. The summed E-state index contributed by atoms with van der Waals surface area (Å²) < 4.78 is 2.33. The highest BCUT2D eigenvalue weighted by Gasteiger charge is 2.18. The molecule has 2 nitrogen and oxygen atoms in total. The zero-order chi connectivity index (χ0) is 30.3. The molecule has 0 bridgehead atoms. The second-order valence-electron chi connectivity index (χ2n) is 12.3. The van der Waals surface area contributed by atoms with Crippen LogP contribution in [-0.4, -0.2) is 9.55 Å². The third kappa shape index (κ3) is 4.80. The monoisotopic (exact) mass is 578 g/mol. The van der Waals surface area contributed by atoms with Crippen molar-refractivity contribution in [2.45, 2.75) is 20.3 Å². The molecule has 0 atom stereocenters. The highest BCUT2D eigenvalue weighted by Crippen LogP contribution is 2.45. The largest absolute Gasteiger partial charge is 0.296 e. The Labute approximate surface area is 264 Å². The van der Waals surface area contributed by atoms with Crippen molar-refractivity contribution in [3.8, 4) is 39.1 Å². The van der Waals surface area contributed by atoms with Crippen LogP contribution in [0.25, 0.3) is 71.6 Å². The van der Waals surface area contributed by atoms with Gasteiger partial charge in [-0.3, -0.25) is 4.57 Å². The number of para-hydroxylation sites is 2. The van der Waals surface area contributed by atoms with Crippen molar-refractivity contribution in [2.24, 2.45) is 5.92 Å². The van der Waals surface area contributed by atoms with Crippen molar-refractivity contribution < 1.29 is 0 Å². The molecule has 216 valence electrons. The molecule has 0 saturated heterocycles. The lowest BCUT2D eigenvalue weighted by atomic mass is 9.85. The van der Waals surface area contributed by atoms with Gasteiger partial charge in [-0.2, -0.15) is 0 Å². The predicted octanol–water partition coefficient (Wildman–Crippen LogP) is 11.5. The quantitative estimate of drug-likeness (QED) is 0.179. The summed E-state index contributed by atoms with van der Waals surface area (Å²) in [6, 6.07) is 54.9. The first-order valence-corrected chi connectivity index (χ1v) is 15.8. The van der Waals surface area contributed by atoms with Gasteiger partial charge >= 0.3 is 0 Å². The number of fused-ring (bicyclic) bond motifs is 3. The summed E-state index contributed by atoms with van der Waals surface area (Å²) in [5, 5.41) is 5.05. The Bertz CT molecular complexity index is 2290. The Morgan fingerprint density at radius 2 is 1.02 bits per heavy atom. The van der Waals surface area contributed by atoms with Crippen LogP contribution >= 0.6 is 0 Å². The zero-order valence-corrected chi connectivity index (χ0v) is 25.6. The molecule has 0 unspecified atom stereocenters. The van der Waals surface area contributed by atoms with Crippen LogP contribution < -0.4 is 0 Å². The van der Waals surface area contributed by atoms with Gasteiger partial charge in [-0.25, -0.2) is 4.98 Å². The summed E-state index contributed by atoms with van der Waals surface area (Å²) >= 11 is 0. The van der Waals surface area contributed by atoms with Crippen LogP contribution in [0.4, 0.5) is 0 Å². The Morgan fingerprint density at radius 3 is 1.71 bits per heavy atom. The van der Waals surface area contributed by atoms with Crippen LogP contribution in [0.2, 0.25) is 0 Å². The standard InChI is InChI=1S/C43H34N2/c1-29(2)27-41-44-39-19-11-12-20-40(39)45(41)34-24-21-32(22-25-34)43-36-18-10-9-17-35(36)42(31-15-7-4-8-16-31)37-26-23-33(28-38(37)43)30-13-5-3-6-14-30/h3-26,28-29H,27H2,1-2H3. The average molecular weight is 579 g/mol. The highest BCUT2D eigenvalue weighted by atomic mass is 15.1. The zero-order valence-electron chi connectivity index (χ0n) is 25.6. The minimum absolute atomic E-state index is 0.513. The summed E-state index contributed by atoms with van der Waals surface area (Å²) in [5.41, 5.74) is 10.8. The van der Waals surface area contributed by atoms with Crippen molar-refractivity contribution in [3.05, 3.63) is 157 Å². The van der Waals surface area contributed by atoms with E-state index in [-0.39, 0.29) is 0 Å². The molecule has 8 rings (SSSR count). The fourth-order valence-corrected chi connectivity index (χ4v) is 6.86. The SMILES string of the molecule is CC(C)Cc1nc2ccccc2n1-c1ccc(-c2c3ccccc3c(-c3ccccc3)c3ccc(-c4ccccc4)cc23)cc1. The van der Waals surface area contributed by atoms with Gasteiger partial charge in [0.25, 0.3) is 0 Å². The van der Waals surface area contributed by atoms with Gasteiger partial charge in [0.2, 0.25) is 0 Å². The second kappa shape index (κ2) is 11.2. The summed E-state index contributed by atoms with van der Waals surface area (Å²) in [6.07, 6.45) is 0.926. The van der Waals surface area contributed by atoms with E-state index in [9.17, 15) is 0 Å². The minimum Gasteiger partial charge on any atom is -0.296 e. The smallest absolute Gasteiger partial charge is 0.114 e. The van der Waals surface area contributed by atoms with Crippen LogP contribution in [-0.2, 0) is 6.42 Å². The van der Waals surface area contributed by atoms with Crippen molar-refractivity contribution >= 4 is 32.6 Å². The normalized spacial score (nSPS) is 11.6. The van der Waals surface area contributed by atoms with Crippen LogP contribution in [0.5, 0.6) is 0 Å². The number of aromatic nitrogens is 2. The molecule has 45 heavy (non-hydrogen) atoms. The molecule has 0 saturated carbocycles. The first-order chi connectivity index (χ1) is 22.2. The minimum atomic E-state index is 0.513. The first kappa shape index (κ1) is 27.1. The van der Waals surface area contributed by atoms with Gasteiger partial charge < -0.3 is 0 Å². The summed E-state index contributed by atoms with van der Waals surface area (Å²) in [6.45, 7) is 4.51. The molecule has 0 aliphatic rings. The lowest BCUT2D eigenvalue weighted by Crippen LogP contribution is -2.05. The molecule has 7 aromatic carbocycles. The van der Waals surface area contributed by atoms with E-state index < -0.39 is 0 Å². The maximum absolute atomic E-state index is 5.03. The van der Waals surface area contributed by atoms with E-state index in [1.807, 2.05) is 0 Å². The van der Waals surface area contributed by atoms with Gasteiger partial charge in [0.1, 0.15) is 5.82 Å². The Balaban J connectivity index is 1.38. The molecule has 0 N–H and O–H groups in total. The first-order valence-electron chi connectivity index (χ1n) is 15.8. The number of imidazole rings is 1. The molecule has 0 fully saturated rings. The van der Waals surface area contributed by atoms with E-state index in [4.69, 9.17) is 4.98 Å². The van der Waals surface area contributed by atoms with E-state index in [1.165, 1.54) is 54.9 Å². The average Bonchev–Trinajstić information content (AvgIpc) is 3.45. The molecule has 1 aromatic heterocycles. The van der Waals surface area contributed by atoms with Crippen LogP contribution in [0.1, 0.15) is 19.7 Å².